The van der Waals surface area contributed by atoms with E-state index >= 15 is 0 Å². The van der Waals surface area contributed by atoms with Gasteiger partial charge in [0.15, 0.2) is 0 Å². The van der Waals surface area contributed by atoms with Crippen LogP contribution in [0.1, 0.15) is 39.9 Å². The van der Waals surface area contributed by atoms with Crippen LogP contribution in [-0.2, 0) is 12.8 Å². The monoisotopic (exact) mass is 478 g/mol. The van der Waals surface area contributed by atoms with E-state index in [1.807, 2.05) is 42.2 Å². The molecule has 5 nitrogen and oxygen atoms in total. The third kappa shape index (κ3) is 4.79. The Bertz CT molecular complexity index is 1060. The molecule has 6 heteroatoms. The normalized spacial score (nSPS) is 14.0. The highest BCUT2D eigenvalue weighted by Crippen LogP contribution is 2.26. The number of halogens is 1. The lowest BCUT2D eigenvalue weighted by Crippen LogP contribution is -2.49. The minimum Gasteiger partial charge on any atom is -0.353 e. The molecule has 2 heterocycles. The predicted molar refractivity (Wildman–Crippen MR) is 128 cm³/mol. The van der Waals surface area contributed by atoms with Crippen LogP contribution in [0.15, 0.2) is 59.1 Å². The van der Waals surface area contributed by atoms with E-state index in [4.69, 9.17) is 9.97 Å². The van der Waals surface area contributed by atoms with Crippen LogP contribution in [0, 0.1) is 6.92 Å². The molecule has 0 aliphatic carbocycles. The Balaban J connectivity index is 1.56. The highest BCUT2D eigenvalue weighted by Gasteiger charge is 2.26. The number of carbonyl (C=O) groups excluding carboxylic acids is 1. The molecule has 0 unspecified atom stereocenters. The first-order chi connectivity index (χ1) is 15.1. The topological polar surface area (TPSA) is 49.3 Å². The molecule has 0 atom stereocenters. The van der Waals surface area contributed by atoms with Gasteiger partial charge in [0.2, 0.25) is 0 Å². The molecule has 0 N–H and O–H groups in total. The van der Waals surface area contributed by atoms with Gasteiger partial charge in [-0.25, -0.2) is 9.97 Å². The van der Waals surface area contributed by atoms with Gasteiger partial charge in [-0.1, -0.05) is 49.4 Å². The molecular weight excluding hydrogens is 452 g/mol. The van der Waals surface area contributed by atoms with Crippen molar-refractivity contribution in [3.05, 3.63) is 87.3 Å². The highest BCUT2D eigenvalue weighted by molar-refractivity contribution is 9.10. The van der Waals surface area contributed by atoms with Crippen molar-refractivity contribution in [1.82, 2.24) is 14.9 Å². The number of hydrogen-bond acceptors (Lipinski definition) is 4. The summed E-state index contributed by atoms with van der Waals surface area (Å²) < 4.78 is 0.839. The van der Waals surface area contributed by atoms with E-state index in [0.29, 0.717) is 18.7 Å². The quantitative estimate of drug-likeness (QED) is 0.534. The van der Waals surface area contributed by atoms with Gasteiger partial charge < -0.3 is 9.80 Å². The van der Waals surface area contributed by atoms with Crippen LogP contribution in [0.25, 0.3) is 0 Å². The number of carbonyl (C=O) groups is 1. The maximum Gasteiger partial charge on any atom is 0.255 e. The van der Waals surface area contributed by atoms with Crippen molar-refractivity contribution in [2.24, 2.45) is 0 Å². The summed E-state index contributed by atoms with van der Waals surface area (Å²) in [6.07, 6.45) is 1.69. The van der Waals surface area contributed by atoms with Crippen LogP contribution in [0.4, 0.5) is 5.82 Å². The van der Waals surface area contributed by atoms with Gasteiger partial charge in [-0.05, 0) is 47.0 Å². The zero-order valence-electron chi connectivity index (χ0n) is 18.0. The number of piperazine rings is 1. The van der Waals surface area contributed by atoms with Crippen LogP contribution in [-0.4, -0.2) is 47.0 Å². The zero-order chi connectivity index (χ0) is 21.8. The molecule has 0 radical (unpaired) electrons. The summed E-state index contributed by atoms with van der Waals surface area (Å²) in [5.74, 6) is 1.89. The standard InChI is InChI=1S/C25H27BrN4O/c1-3-23-21(17-19-9-5-4-6-10-19)24(28-18(2)27-23)29-13-15-30(16-14-29)25(31)20-11-7-8-12-22(20)26/h4-12H,3,13-17H2,1-2H3. The summed E-state index contributed by atoms with van der Waals surface area (Å²) in [7, 11) is 0. The van der Waals surface area contributed by atoms with Gasteiger partial charge in [0.25, 0.3) is 5.91 Å². The van der Waals surface area contributed by atoms with Crippen molar-refractivity contribution in [1.29, 1.82) is 0 Å². The maximum atomic E-state index is 13.0. The minimum absolute atomic E-state index is 0.0738. The number of benzene rings is 2. The molecule has 1 fully saturated rings. The van der Waals surface area contributed by atoms with Crippen molar-refractivity contribution >= 4 is 27.7 Å². The Kier molecular flexibility index (Phi) is 6.66. The first-order valence-electron chi connectivity index (χ1n) is 10.8. The lowest BCUT2D eigenvalue weighted by molar-refractivity contribution is 0.0745. The number of anilines is 1. The molecule has 1 saturated heterocycles. The number of aromatic nitrogens is 2. The first-order valence-corrected chi connectivity index (χ1v) is 11.5. The maximum absolute atomic E-state index is 13.0. The second-order valence-electron chi connectivity index (χ2n) is 7.79. The molecule has 0 saturated carbocycles. The second kappa shape index (κ2) is 9.60. The van der Waals surface area contributed by atoms with Crippen molar-refractivity contribution in [3.8, 4) is 0 Å². The van der Waals surface area contributed by atoms with Crippen molar-refractivity contribution in [2.45, 2.75) is 26.7 Å². The summed E-state index contributed by atoms with van der Waals surface area (Å²) >= 11 is 3.50. The molecule has 160 valence electrons. The molecule has 1 aromatic heterocycles. The average Bonchev–Trinajstić information content (AvgIpc) is 2.80. The molecule has 2 aromatic carbocycles. The SMILES string of the molecule is CCc1nc(C)nc(N2CCN(C(=O)c3ccccc3Br)CC2)c1Cc1ccccc1. The largest absolute Gasteiger partial charge is 0.353 e. The third-order valence-corrected chi connectivity index (χ3v) is 6.40. The Morgan fingerprint density at radius 1 is 0.968 bits per heavy atom. The second-order valence-corrected chi connectivity index (χ2v) is 8.65. The van der Waals surface area contributed by atoms with Gasteiger partial charge in [0.05, 0.1) is 5.56 Å². The molecule has 1 aliphatic heterocycles. The van der Waals surface area contributed by atoms with E-state index in [1.54, 1.807) is 0 Å². The predicted octanol–water partition coefficient (Wildman–Crippen LogP) is 4.66. The van der Waals surface area contributed by atoms with Gasteiger partial charge in [-0.3, -0.25) is 4.79 Å². The van der Waals surface area contributed by atoms with E-state index in [1.165, 1.54) is 11.1 Å². The van der Waals surface area contributed by atoms with E-state index in [0.717, 1.165) is 47.7 Å². The van der Waals surface area contributed by atoms with Gasteiger partial charge >= 0.3 is 0 Å². The zero-order valence-corrected chi connectivity index (χ0v) is 19.6. The third-order valence-electron chi connectivity index (χ3n) is 5.71. The molecule has 1 aliphatic rings. The Morgan fingerprint density at radius 3 is 2.32 bits per heavy atom. The molecule has 0 bridgehead atoms. The first kappa shape index (κ1) is 21.5. The number of hydrogen-bond donors (Lipinski definition) is 0. The van der Waals surface area contributed by atoms with Crippen LogP contribution >= 0.6 is 15.9 Å². The summed E-state index contributed by atoms with van der Waals surface area (Å²) in [6, 6.07) is 18.1. The average molecular weight is 479 g/mol. The van der Waals surface area contributed by atoms with Crippen LogP contribution in [0.3, 0.4) is 0 Å². The van der Waals surface area contributed by atoms with E-state index in [9.17, 15) is 4.79 Å². The van der Waals surface area contributed by atoms with Gasteiger partial charge in [0.1, 0.15) is 11.6 Å². The number of aryl methyl sites for hydroxylation is 2. The van der Waals surface area contributed by atoms with E-state index in [-0.39, 0.29) is 5.91 Å². The van der Waals surface area contributed by atoms with Crippen LogP contribution < -0.4 is 4.90 Å². The molecule has 0 spiro atoms. The highest BCUT2D eigenvalue weighted by atomic mass is 79.9. The lowest BCUT2D eigenvalue weighted by atomic mass is 10.0. The minimum atomic E-state index is 0.0738. The fourth-order valence-corrected chi connectivity index (χ4v) is 4.55. The summed E-state index contributed by atoms with van der Waals surface area (Å²) in [4.78, 5) is 26.8. The lowest BCUT2D eigenvalue weighted by Gasteiger charge is -2.36. The van der Waals surface area contributed by atoms with E-state index in [2.05, 4.69) is 52.0 Å². The number of rotatable bonds is 5. The fraction of sp³-hybridized carbons (Fsp3) is 0.320. The molecule has 3 aromatic rings. The van der Waals surface area contributed by atoms with Crippen molar-refractivity contribution in [3.63, 3.8) is 0 Å². The molecule has 1 amide bonds. The summed E-state index contributed by atoms with van der Waals surface area (Å²) in [5, 5.41) is 0. The summed E-state index contributed by atoms with van der Waals surface area (Å²) in [6.45, 7) is 6.98. The summed E-state index contributed by atoms with van der Waals surface area (Å²) in [5.41, 5.74) is 4.28. The number of amides is 1. The van der Waals surface area contributed by atoms with Gasteiger partial charge in [0, 0.05) is 48.3 Å². The Labute approximate surface area is 192 Å². The molecular formula is C25H27BrN4O. The smallest absolute Gasteiger partial charge is 0.255 e. The van der Waals surface area contributed by atoms with Gasteiger partial charge in [-0.2, -0.15) is 0 Å². The number of nitrogens with zero attached hydrogens (tertiary/aromatic N) is 4. The molecule has 31 heavy (non-hydrogen) atoms. The van der Waals surface area contributed by atoms with Crippen LogP contribution in [0.5, 0.6) is 0 Å². The van der Waals surface area contributed by atoms with Crippen LogP contribution in [0.2, 0.25) is 0 Å². The molecule has 4 rings (SSSR count). The van der Waals surface area contributed by atoms with Crippen molar-refractivity contribution in [2.75, 3.05) is 31.1 Å². The Hall–Kier alpha value is -2.73. The Morgan fingerprint density at radius 2 is 1.65 bits per heavy atom. The fourth-order valence-electron chi connectivity index (χ4n) is 4.10. The van der Waals surface area contributed by atoms with Crippen molar-refractivity contribution < 1.29 is 4.79 Å². The van der Waals surface area contributed by atoms with Gasteiger partial charge in [-0.15, -0.1) is 0 Å². The van der Waals surface area contributed by atoms with E-state index < -0.39 is 0 Å².